The van der Waals surface area contributed by atoms with Crippen LogP contribution in [0.3, 0.4) is 0 Å². The fraction of sp³-hybridized carbons (Fsp3) is 0.700. The molecule has 0 aliphatic rings. The summed E-state index contributed by atoms with van der Waals surface area (Å²) < 4.78 is 4.97. The molecule has 2 heteroatoms. The Kier molecular flexibility index (Phi) is 6.44. The molecule has 0 aromatic rings. The number of rotatable bonds is 6. The first-order chi connectivity index (χ1) is 5.70. The number of carbonyl (C=O) groups is 1. The van der Waals surface area contributed by atoms with Gasteiger partial charge in [0.1, 0.15) is 0 Å². The second-order valence-electron chi connectivity index (χ2n) is 2.99. The van der Waals surface area contributed by atoms with Gasteiger partial charge in [0.15, 0.2) is 0 Å². The maximum absolute atomic E-state index is 11.0. The maximum Gasteiger partial charge on any atom is 0.306 e. The zero-order chi connectivity index (χ0) is 9.40. The average molecular weight is 170 g/mol. The SMILES string of the molecule is C=CC(C)CC(=O)OCCCC. The molecule has 0 heterocycles. The topological polar surface area (TPSA) is 26.3 Å². The van der Waals surface area contributed by atoms with E-state index in [-0.39, 0.29) is 11.9 Å². The Morgan fingerprint density at radius 3 is 2.83 bits per heavy atom. The number of allylic oxidation sites excluding steroid dienone is 1. The second kappa shape index (κ2) is 6.89. The van der Waals surface area contributed by atoms with Crippen molar-refractivity contribution < 1.29 is 9.53 Å². The summed E-state index contributed by atoms with van der Waals surface area (Å²) in [7, 11) is 0. The van der Waals surface area contributed by atoms with Gasteiger partial charge < -0.3 is 4.74 Å². The van der Waals surface area contributed by atoms with Crippen LogP contribution in [-0.2, 0) is 9.53 Å². The lowest BCUT2D eigenvalue weighted by molar-refractivity contribution is -0.144. The van der Waals surface area contributed by atoms with Crippen molar-refractivity contribution in [2.24, 2.45) is 5.92 Å². The van der Waals surface area contributed by atoms with Gasteiger partial charge in [-0.3, -0.25) is 4.79 Å². The number of carbonyl (C=O) groups excluding carboxylic acids is 1. The fourth-order valence-corrected chi connectivity index (χ4v) is 0.735. The molecule has 0 radical (unpaired) electrons. The van der Waals surface area contributed by atoms with Gasteiger partial charge in [0.05, 0.1) is 13.0 Å². The number of hydrogen-bond donors (Lipinski definition) is 0. The van der Waals surface area contributed by atoms with Crippen LogP contribution >= 0.6 is 0 Å². The summed E-state index contributed by atoms with van der Waals surface area (Å²) in [5.41, 5.74) is 0. The quantitative estimate of drug-likeness (QED) is 0.348. The molecular formula is C10H18O2. The van der Waals surface area contributed by atoms with Crippen LogP contribution in [0, 0.1) is 5.92 Å². The van der Waals surface area contributed by atoms with Crippen LogP contribution in [0.1, 0.15) is 33.1 Å². The summed E-state index contributed by atoms with van der Waals surface area (Å²) in [5, 5.41) is 0. The normalized spacial score (nSPS) is 12.2. The molecule has 0 aromatic carbocycles. The summed E-state index contributed by atoms with van der Waals surface area (Å²) in [6.07, 6.45) is 4.23. The highest BCUT2D eigenvalue weighted by molar-refractivity contribution is 5.69. The lowest BCUT2D eigenvalue weighted by Gasteiger charge is -2.05. The Labute approximate surface area is 74.6 Å². The highest BCUT2D eigenvalue weighted by Gasteiger charge is 2.05. The van der Waals surface area contributed by atoms with Crippen molar-refractivity contribution in [3.8, 4) is 0 Å². The highest BCUT2D eigenvalue weighted by Crippen LogP contribution is 2.04. The van der Waals surface area contributed by atoms with Crippen LogP contribution in [0.4, 0.5) is 0 Å². The molecule has 0 saturated carbocycles. The molecule has 0 fully saturated rings. The van der Waals surface area contributed by atoms with Crippen molar-refractivity contribution in [1.29, 1.82) is 0 Å². The smallest absolute Gasteiger partial charge is 0.306 e. The van der Waals surface area contributed by atoms with Gasteiger partial charge in [0.25, 0.3) is 0 Å². The molecule has 0 amide bonds. The molecule has 70 valence electrons. The third-order valence-corrected chi connectivity index (χ3v) is 1.65. The Hall–Kier alpha value is -0.790. The molecule has 1 atom stereocenters. The largest absolute Gasteiger partial charge is 0.466 e. The maximum atomic E-state index is 11.0. The average Bonchev–Trinajstić information content (AvgIpc) is 2.05. The van der Waals surface area contributed by atoms with Gasteiger partial charge in [-0.2, -0.15) is 0 Å². The summed E-state index contributed by atoms with van der Waals surface area (Å²) in [6, 6.07) is 0. The molecule has 12 heavy (non-hydrogen) atoms. The Morgan fingerprint density at radius 1 is 1.67 bits per heavy atom. The number of hydrogen-bond acceptors (Lipinski definition) is 2. The van der Waals surface area contributed by atoms with Gasteiger partial charge in [-0.15, -0.1) is 6.58 Å². The van der Waals surface area contributed by atoms with Crippen LogP contribution in [-0.4, -0.2) is 12.6 Å². The van der Waals surface area contributed by atoms with E-state index in [0.29, 0.717) is 13.0 Å². The van der Waals surface area contributed by atoms with E-state index in [9.17, 15) is 4.79 Å². The Bertz CT molecular complexity index is 141. The molecule has 0 spiro atoms. The Balaban J connectivity index is 3.39. The van der Waals surface area contributed by atoms with Crippen molar-refractivity contribution in [1.82, 2.24) is 0 Å². The first-order valence-electron chi connectivity index (χ1n) is 4.48. The third kappa shape index (κ3) is 5.96. The van der Waals surface area contributed by atoms with Crippen molar-refractivity contribution in [3.63, 3.8) is 0 Å². The molecule has 0 saturated heterocycles. The molecule has 1 unspecified atom stereocenters. The molecule has 2 nitrogen and oxygen atoms in total. The van der Waals surface area contributed by atoms with E-state index in [2.05, 4.69) is 13.5 Å². The van der Waals surface area contributed by atoms with Gasteiger partial charge in [-0.25, -0.2) is 0 Å². The van der Waals surface area contributed by atoms with E-state index in [1.807, 2.05) is 6.92 Å². The van der Waals surface area contributed by atoms with Crippen molar-refractivity contribution in [2.75, 3.05) is 6.61 Å². The lowest BCUT2D eigenvalue weighted by atomic mass is 10.1. The van der Waals surface area contributed by atoms with Crippen LogP contribution in [0.5, 0.6) is 0 Å². The van der Waals surface area contributed by atoms with E-state index in [1.54, 1.807) is 6.08 Å². The molecule has 0 N–H and O–H groups in total. The molecular weight excluding hydrogens is 152 g/mol. The minimum atomic E-state index is -0.115. The van der Waals surface area contributed by atoms with E-state index in [1.165, 1.54) is 0 Å². The van der Waals surface area contributed by atoms with E-state index >= 15 is 0 Å². The second-order valence-corrected chi connectivity index (χ2v) is 2.99. The summed E-state index contributed by atoms with van der Waals surface area (Å²) in [4.78, 5) is 11.0. The predicted molar refractivity (Wildman–Crippen MR) is 49.8 cm³/mol. The molecule has 0 rings (SSSR count). The van der Waals surface area contributed by atoms with Crippen LogP contribution in [0.25, 0.3) is 0 Å². The van der Waals surface area contributed by atoms with Gasteiger partial charge in [0, 0.05) is 0 Å². The van der Waals surface area contributed by atoms with E-state index in [0.717, 1.165) is 12.8 Å². The van der Waals surface area contributed by atoms with Crippen LogP contribution < -0.4 is 0 Å². The van der Waals surface area contributed by atoms with E-state index < -0.39 is 0 Å². The number of esters is 1. The third-order valence-electron chi connectivity index (χ3n) is 1.65. The van der Waals surface area contributed by atoms with Crippen molar-refractivity contribution >= 4 is 5.97 Å². The fourth-order valence-electron chi connectivity index (χ4n) is 0.735. The zero-order valence-corrected chi connectivity index (χ0v) is 8.01. The summed E-state index contributed by atoms with van der Waals surface area (Å²) in [6.45, 7) is 8.18. The predicted octanol–water partition coefficient (Wildman–Crippen LogP) is 2.54. The lowest BCUT2D eigenvalue weighted by Crippen LogP contribution is -2.08. The number of unbranched alkanes of at least 4 members (excludes halogenated alkanes) is 1. The summed E-state index contributed by atoms with van der Waals surface area (Å²) in [5.74, 6) is 0.106. The van der Waals surface area contributed by atoms with Crippen LogP contribution in [0.15, 0.2) is 12.7 Å². The molecule has 0 aromatic heterocycles. The molecule has 0 bridgehead atoms. The number of ether oxygens (including phenoxy) is 1. The molecule has 0 aliphatic carbocycles. The minimum absolute atomic E-state index is 0.115. The van der Waals surface area contributed by atoms with Crippen molar-refractivity contribution in [3.05, 3.63) is 12.7 Å². The highest BCUT2D eigenvalue weighted by atomic mass is 16.5. The first-order valence-corrected chi connectivity index (χ1v) is 4.48. The molecule has 0 aliphatic heterocycles. The zero-order valence-electron chi connectivity index (χ0n) is 8.01. The van der Waals surface area contributed by atoms with Gasteiger partial charge >= 0.3 is 5.97 Å². The Morgan fingerprint density at radius 2 is 2.33 bits per heavy atom. The monoisotopic (exact) mass is 170 g/mol. The minimum Gasteiger partial charge on any atom is -0.466 e. The van der Waals surface area contributed by atoms with Crippen molar-refractivity contribution in [2.45, 2.75) is 33.1 Å². The van der Waals surface area contributed by atoms with E-state index in [4.69, 9.17) is 4.74 Å². The summed E-state index contributed by atoms with van der Waals surface area (Å²) >= 11 is 0. The van der Waals surface area contributed by atoms with Gasteiger partial charge in [-0.1, -0.05) is 26.3 Å². The van der Waals surface area contributed by atoms with Crippen LogP contribution in [0.2, 0.25) is 0 Å². The van der Waals surface area contributed by atoms with Gasteiger partial charge in [0.2, 0.25) is 0 Å². The standard InChI is InChI=1S/C10H18O2/c1-4-6-7-12-10(11)8-9(3)5-2/h5,9H,2,4,6-8H2,1,3H3. The first kappa shape index (κ1) is 11.2. The van der Waals surface area contributed by atoms with Gasteiger partial charge in [-0.05, 0) is 12.3 Å².